The second-order valence-corrected chi connectivity index (χ2v) is 12.3. The lowest BCUT2D eigenvalue weighted by atomic mass is 10.2. The maximum atomic E-state index is 13.8. The van der Waals surface area contributed by atoms with Gasteiger partial charge in [0.2, 0.25) is 15.9 Å². The highest BCUT2D eigenvalue weighted by atomic mass is 32.2. The van der Waals surface area contributed by atoms with Crippen molar-refractivity contribution in [1.82, 2.24) is 39.0 Å². The van der Waals surface area contributed by atoms with E-state index in [9.17, 15) is 13.2 Å². The van der Waals surface area contributed by atoms with Crippen LogP contribution in [0.3, 0.4) is 0 Å². The second kappa shape index (κ2) is 12.5. The predicted octanol–water partition coefficient (Wildman–Crippen LogP) is 2.88. The van der Waals surface area contributed by atoms with E-state index in [4.69, 9.17) is 9.72 Å². The molecule has 14 heteroatoms. The molecule has 0 amide bonds. The molecule has 6 rings (SSSR count). The Morgan fingerprint density at radius 3 is 2.41 bits per heavy atom. The van der Waals surface area contributed by atoms with Crippen molar-refractivity contribution in [1.29, 1.82) is 0 Å². The Labute approximate surface area is 254 Å². The van der Waals surface area contributed by atoms with Crippen molar-refractivity contribution in [2.75, 3.05) is 37.7 Å². The molecular formula is C30H33N9O4S. The fraction of sp³-hybridized carbons (Fsp3) is 0.333. The summed E-state index contributed by atoms with van der Waals surface area (Å²) in [7, 11) is -3.90. The summed E-state index contributed by atoms with van der Waals surface area (Å²) in [5.74, 6) is 1.14. The lowest BCUT2D eigenvalue weighted by molar-refractivity contribution is 0.327. The maximum Gasteiger partial charge on any atom is 0.279 e. The molecule has 13 nitrogen and oxygen atoms in total. The molecule has 0 aliphatic carbocycles. The van der Waals surface area contributed by atoms with Gasteiger partial charge in [-0.2, -0.15) is 9.40 Å². The van der Waals surface area contributed by atoms with Gasteiger partial charge in [0.15, 0.2) is 5.52 Å². The van der Waals surface area contributed by atoms with E-state index in [1.165, 1.54) is 16.6 Å². The number of hydrogen-bond acceptors (Lipinski definition) is 10. The van der Waals surface area contributed by atoms with Gasteiger partial charge in [-0.15, -0.1) is 0 Å². The number of H-pyrrole nitrogens is 1. The molecule has 0 bridgehead atoms. The van der Waals surface area contributed by atoms with Crippen molar-refractivity contribution in [3.8, 4) is 17.3 Å². The van der Waals surface area contributed by atoms with Gasteiger partial charge in [0.1, 0.15) is 22.1 Å². The summed E-state index contributed by atoms with van der Waals surface area (Å²) in [5.41, 5.74) is 2.08. The molecule has 0 unspecified atom stereocenters. The number of anilines is 1. The molecular weight excluding hydrogens is 582 g/mol. The third-order valence-corrected chi connectivity index (χ3v) is 9.30. The summed E-state index contributed by atoms with van der Waals surface area (Å²) in [6, 6.07) is 12.8. The molecule has 1 aliphatic rings. The van der Waals surface area contributed by atoms with Crippen LogP contribution in [-0.2, 0) is 23.0 Å². The Morgan fingerprint density at radius 1 is 0.955 bits per heavy atom. The molecule has 228 valence electrons. The number of ether oxygens (including phenoxy) is 1. The Balaban J connectivity index is 1.36. The number of aromatic amines is 1. The molecule has 0 spiro atoms. The molecule has 1 fully saturated rings. The standard InChI is InChI=1S/C30H33N9O4S/c1-3-9-24-26-27(36-39(24)20-21-10-5-7-12-31-21)29(40)35-28(34-26)23-18-22(19-33-30(23)43-4-2)44(41,42)38-16-14-37(15-17-38)25-11-6-8-13-32-25/h5-8,10-13,18-19H,3-4,9,14-17,20H2,1-2H3,(H,34,35,40). The van der Waals surface area contributed by atoms with Crippen molar-refractivity contribution in [3.05, 3.63) is 82.8 Å². The van der Waals surface area contributed by atoms with E-state index in [-0.39, 0.29) is 34.3 Å². The van der Waals surface area contributed by atoms with Crippen LogP contribution in [0.15, 0.2) is 70.7 Å². The monoisotopic (exact) mass is 615 g/mol. The van der Waals surface area contributed by atoms with Gasteiger partial charge < -0.3 is 14.6 Å². The smallest absolute Gasteiger partial charge is 0.279 e. The topological polar surface area (TPSA) is 152 Å². The first kappa shape index (κ1) is 29.4. The van der Waals surface area contributed by atoms with E-state index in [1.54, 1.807) is 24.0 Å². The SMILES string of the molecule is CCCc1c2nc(-c3cc(S(=O)(=O)N4CCN(c5ccccn5)CC4)cnc3OCC)[nH]c(=O)c2nn1Cc1ccccn1. The average molecular weight is 616 g/mol. The van der Waals surface area contributed by atoms with E-state index in [2.05, 4.69) is 29.9 Å². The third-order valence-electron chi connectivity index (χ3n) is 7.44. The number of nitrogens with zero attached hydrogens (tertiary/aromatic N) is 8. The van der Waals surface area contributed by atoms with Gasteiger partial charge in [0.05, 0.1) is 36.3 Å². The summed E-state index contributed by atoms with van der Waals surface area (Å²) in [5, 5.41) is 4.58. The number of fused-ring (bicyclic) bond motifs is 1. The first-order chi connectivity index (χ1) is 21.4. The summed E-state index contributed by atoms with van der Waals surface area (Å²) < 4.78 is 36.5. The predicted molar refractivity (Wildman–Crippen MR) is 165 cm³/mol. The minimum absolute atomic E-state index is 0.00962. The van der Waals surface area contributed by atoms with Gasteiger partial charge in [-0.05, 0) is 43.7 Å². The van der Waals surface area contributed by atoms with Gasteiger partial charge in [-0.25, -0.2) is 23.4 Å². The van der Waals surface area contributed by atoms with Gasteiger partial charge in [-0.1, -0.05) is 25.5 Å². The van der Waals surface area contributed by atoms with Gasteiger partial charge in [0, 0.05) is 38.6 Å². The van der Waals surface area contributed by atoms with E-state index < -0.39 is 15.6 Å². The zero-order valence-corrected chi connectivity index (χ0v) is 25.4. The van der Waals surface area contributed by atoms with Crippen LogP contribution in [-0.4, -0.2) is 80.2 Å². The van der Waals surface area contributed by atoms with Gasteiger partial charge in [-0.3, -0.25) is 14.5 Å². The van der Waals surface area contributed by atoms with E-state index in [1.807, 2.05) is 43.3 Å². The van der Waals surface area contributed by atoms with Crippen LogP contribution < -0.4 is 15.2 Å². The Morgan fingerprint density at radius 2 is 1.73 bits per heavy atom. The fourth-order valence-electron chi connectivity index (χ4n) is 5.29. The maximum absolute atomic E-state index is 13.8. The Bertz CT molecular complexity index is 1920. The molecule has 1 aliphatic heterocycles. The highest BCUT2D eigenvalue weighted by molar-refractivity contribution is 7.89. The number of nitrogens with one attached hydrogen (secondary N) is 1. The number of pyridine rings is 3. The van der Waals surface area contributed by atoms with Crippen LogP contribution >= 0.6 is 0 Å². The Kier molecular flexibility index (Phi) is 8.35. The molecule has 0 saturated carbocycles. The second-order valence-electron chi connectivity index (χ2n) is 10.3. The summed E-state index contributed by atoms with van der Waals surface area (Å²) in [6.07, 6.45) is 6.16. The van der Waals surface area contributed by atoms with E-state index in [0.717, 1.165) is 23.6 Å². The highest BCUT2D eigenvalue weighted by Gasteiger charge is 2.31. The van der Waals surface area contributed by atoms with Crippen LogP contribution in [0.1, 0.15) is 31.7 Å². The Hall–Kier alpha value is -4.69. The number of aromatic nitrogens is 7. The van der Waals surface area contributed by atoms with Crippen molar-refractivity contribution >= 4 is 26.9 Å². The molecule has 6 heterocycles. The first-order valence-corrected chi connectivity index (χ1v) is 16.0. The lowest BCUT2D eigenvalue weighted by Crippen LogP contribution is -2.48. The molecule has 1 N–H and O–H groups in total. The zero-order chi connectivity index (χ0) is 30.7. The highest BCUT2D eigenvalue weighted by Crippen LogP contribution is 2.31. The molecule has 5 aromatic rings. The van der Waals surface area contributed by atoms with Crippen molar-refractivity contribution < 1.29 is 13.2 Å². The van der Waals surface area contributed by atoms with Crippen LogP contribution in [0, 0.1) is 0 Å². The van der Waals surface area contributed by atoms with E-state index >= 15 is 0 Å². The molecule has 0 atom stereocenters. The van der Waals surface area contributed by atoms with Crippen LogP contribution in [0.2, 0.25) is 0 Å². The zero-order valence-electron chi connectivity index (χ0n) is 24.5. The normalized spacial score (nSPS) is 14.3. The largest absolute Gasteiger partial charge is 0.477 e. The molecule has 1 saturated heterocycles. The number of sulfonamides is 1. The van der Waals surface area contributed by atoms with Crippen LogP contribution in [0.4, 0.5) is 5.82 Å². The van der Waals surface area contributed by atoms with Crippen molar-refractivity contribution in [2.24, 2.45) is 0 Å². The summed E-state index contributed by atoms with van der Waals surface area (Å²) in [4.78, 5) is 36.1. The van der Waals surface area contributed by atoms with Crippen LogP contribution in [0.5, 0.6) is 5.88 Å². The van der Waals surface area contributed by atoms with E-state index in [0.29, 0.717) is 44.7 Å². The lowest BCUT2D eigenvalue weighted by Gasteiger charge is -2.34. The summed E-state index contributed by atoms with van der Waals surface area (Å²) in [6.45, 7) is 6.10. The molecule has 44 heavy (non-hydrogen) atoms. The molecule has 5 aromatic heterocycles. The van der Waals surface area contributed by atoms with Gasteiger partial charge in [0.25, 0.3) is 5.56 Å². The van der Waals surface area contributed by atoms with Crippen LogP contribution in [0.25, 0.3) is 22.4 Å². The first-order valence-electron chi connectivity index (χ1n) is 14.6. The number of aryl methyl sites for hydroxylation is 1. The minimum Gasteiger partial charge on any atom is -0.477 e. The number of rotatable bonds is 10. The average Bonchev–Trinajstić information content (AvgIpc) is 3.39. The number of hydrogen-bond donors (Lipinski definition) is 1. The fourth-order valence-corrected chi connectivity index (χ4v) is 6.69. The van der Waals surface area contributed by atoms with Crippen molar-refractivity contribution in [2.45, 2.75) is 38.1 Å². The quantitative estimate of drug-likeness (QED) is 0.248. The van der Waals surface area contributed by atoms with Crippen molar-refractivity contribution in [3.63, 3.8) is 0 Å². The molecule has 0 radical (unpaired) electrons. The van der Waals surface area contributed by atoms with Gasteiger partial charge >= 0.3 is 0 Å². The minimum atomic E-state index is -3.90. The molecule has 0 aromatic carbocycles. The number of piperazine rings is 1. The third kappa shape index (κ3) is 5.77. The summed E-state index contributed by atoms with van der Waals surface area (Å²) >= 11 is 0.